The molecule has 0 aromatic heterocycles. The summed E-state index contributed by atoms with van der Waals surface area (Å²) in [5, 5.41) is -0.440. The molecular weight excluding hydrogens is 308 g/mol. The van der Waals surface area contributed by atoms with Crippen LogP contribution in [0.15, 0.2) is 0 Å². The highest BCUT2D eigenvalue weighted by atomic mass is 32.2. The van der Waals surface area contributed by atoms with Crippen molar-refractivity contribution >= 4 is 15.6 Å². The first-order valence-electron chi connectivity index (χ1n) is 9.81. The number of carbonyl (C=O) groups is 1. The Labute approximate surface area is 142 Å². The third-order valence-electron chi connectivity index (χ3n) is 5.81. The van der Waals surface area contributed by atoms with Gasteiger partial charge in [0.15, 0.2) is 9.84 Å². The van der Waals surface area contributed by atoms with Crippen molar-refractivity contribution < 1.29 is 13.2 Å². The van der Waals surface area contributed by atoms with Crippen molar-refractivity contribution in [1.82, 2.24) is 0 Å². The summed E-state index contributed by atoms with van der Waals surface area (Å²) >= 11 is 0. The largest absolute Gasteiger partial charge is 0.299 e. The molecule has 2 saturated heterocycles. The van der Waals surface area contributed by atoms with Gasteiger partial charge < -0.3 is 0 Å². The molecule has 0 amide bonds. The van der Waals surface area contributed by atoms with Crippen LogP contribution in [0.3, 0.4) is 0 Å². The molecule has 2 bridgehead atoms. The van der Waals surface area contributed by atoms with Crippen LogP contribution in [0.4, 0.5) is 0 Å². The fraction of sp³-hybridized carbons (Fsp3) is 0.947. The molecule has 0 aliphatic carbocycles. The average molecular weight is 343 g/mol. The highest BCUT2D eigenvalue weighted by molar-refractivity contribution is 7.92. The van der Waals surface area contributed by atoms with Crippen LogP contribution in [0.5, 0.6) is 0 Å². The zero-order valence-corrected chi connectivity index (χ0v) is 15.6. The van der Waals surface area contributed by atoms with Crippen LogP contribution in [-0.2, 0) is 14.6 Å². The van der Waals surface area contributed by atoms with E-state index in [4.69, 9.17) is 0 Å². The maximum atomic E-state index is 12.4. The Morgan fingerprint density at radius 2 is 1.39 bits per heavy atom. The Balaban J connectivity index is 1.63. The zero-order valence-electron chi connectivity index (χ0n) is 14.8. The number of Topliss-reactive ketones (excluding diaryl/α,β-unsaturated/α-hetero) is 1. The van der Waals surface area contributed by atoms with Gasteiger partial charge in [0.2, 0.25) is 0 Å². The van der Waals surface area contributed by atoms with Gasteiger partial charge >= 0.3 is 0 Å². The van der Waals surface area contributed by atoms with Gasteiger partial charge in [0.25, 0.3) is 0 Å². The molecule has 2 aliphatic heterocycles. The highest BCUT2D eigenvalue weighted by Crippen LogP contribution is 2.40. The summed E-state index contributed by atoms with van der Waals surface area (Å²) in [6.07, 6.45) is 14.4. The number of carbonyl (C=O) groups excluding carboxylic acids is 1. The molecule has 0 N–H and O–H groups in total. The van der Waals surface area contributed by atoms with Gasteiger partial charge in [-0.1, -0.05) is 58.3 Å². The molecule has 3 nitrogen and oxygen atoms in total. The predicted molar refractivity (Wildman–Crippen MR) is 95.3 cm³/mol. The molecule has 2 aliphatic rings. The fourth-order valence-electron chi connectivity index (χ4n) is 4.31. The molecule has 2 heterocycles. The van der Waals surface area contributed by atoms with Crippen molar-refractivity contribution in [3.05, 3.63) is 0 Å². The lowest BCUT2D eigenvalue weighted by Gasteiger charge is -2.38. The molecule has 0 spiro atoms. The van der Waals surface area contributed by atoms with E-state index >= 15 is 0 Å². The summed E-state index contributed by atoms with van der Waals surface area (Å²) in [6.45, 7) is 2.23. The van der Waals surface area contributed by atoms with Crippen LogP contribution in [0.1, 0.15) is 96.8 Å². The van der Waals surface area contributed by atoms with Crippen LogP contribution in [0.2, 0.25) is 0 Å². The van der Waals surface area contributed by atoms with Crippen molar-refractivity contribution in [1.29, 1.82) is 0 Å². The van der Waals surface area contributed by atoms with Gasteiger partial charge in [0.1, 0.15) is 5.78 Å². The van der Waals surface area contributed by atoms with Gasteiger partial charge in [0, 0.05) is 12.3 Å². The number of fused-ring (bicyclic) bond motifs is 2. The van der Waals surface area contributed by atoms with Crippen molar-refractivity contribution in [3.63, 3.8) is 0 Å². The number of sulfone groups is 1. The first kappa shape index (κ1) is 19.0. The zero-order chi connectivity index (χ0) is 16.7. The molecule has 2 fully saturated rings. The number of hydrogen-bond donors (Lipinski definition) is 0. The summed E-state index contributed by atoms with van der Waals surface area (Å²) in [5.41, 5.74) is 0. The minimum absolute atomic E-state index is 0.0263. The molecule has 4 heteroatoms. The smallest absolute Gasteiger partial charge is 0.156 e. The van der Waals surface area contributed by atoms with Gasteiger partial charge in [-0.2, -0.15) is 0 Å². The van der Waals surface area contributed by atoms with Crippen molar-refractivity contribution in [2.24, 2.45) is 5.92 Å². The summed E-state index contributed by atoms with van der Waals surface area (Å²) < 4.78 is 24.5. The predicted octanol–water partition coefficient (Wildman–Crippen LogP) is 4.83. The van der Waals surface area contributed by atoms with Gasteiger partial charge in [0.05, 0.1) is 10.5 Å². The maximum absolute atomic E-state index is 12.4. The van der Waals surface area contributed by atoms with E-state index in [1.807, 2.05) is 0 Å². The van der Waals surface area contributed by atoms with E-state index in [9.17, 15) is 13.2 Å². The van der Waals surface area contributed by atoms with Crippen molar-refractivity contribution in [2.75, 3.05) is 0 Å². The van der Waals surface area contributed by atoms with Gasteiger partial charge in [-0.05, 0) is 32.1 Å². The van der Waals surface area contributed by atoms with E-state index in [0.29, 0.717) is 25.0 Å². The molecular formula is C19H34O3S. The lowest BCUT2D eigenvalue weighted by Crippen LogP contribution is -2.45. The Hall–Kier alpha value is -0.380. The molecule has 2 rings (SSSR count). The quantitative estimate of drug-likeness (QED) is 0.534. The van der Waals surface area contributed by atoms with Crippen LogP contribution in [-0.4, -0.2) is 24.7 Å². The number of unbranched alkanes of at least 4 members (excludes halogenated alkanes) is 7. The summed E-state index contributed by atoms with van der Waals surface area (Å²) in [5.74, 6) is 0.362. The molecule has 0 radical (unpaired) electrons. The lowest BCUT2D eigenvalue weighted by atomic mass is 9.85. The van der Waals surface area contributed by atoms with Crippen molar-refractivity contribution in [3.8, 4) is 0 Å². The third kappa shape index (κ3) is 5.30. The first-order valence-corrected chi connectivity index (χ1v) is 11.4. The maximum Gasteiger partial charge on any atom is 0.156 e. The van der Waals surface area contributed by atoms with Crippen LogP contribution >= 0.6 is 0 Å². The first-order chi connectivity index (χ1) is 11.1. The standard InChI is InChI=1S/C19H34O3S/c1-2-3-4-5-6-7-8-9-13-19(20)16-14-17-11-10-12-18(15-16)23(17,21)22/h16-18H,2-15H2,1H3. The Kier molecular flexibility index (Phi) is 7.58. The van der Waals surface area contributed by atoms with Crippen LogP contribution < -0.4 is 0 Å². The highest BCUT2D eigenvalue weighted by Gasteiger charge is 2.45. The molecule has 23 heavy (non-hydrogen) atoms. The Morgan fingerprint density at radius 1 is 0.870 bits per heavy atom. The second kappa shape index (κ2) is 9.19. The molecule has 134 valence electrons. The van der Waals surface area contributed by atoms with E-state index in [-0.39, 0.29) is 16.4 Å². The van der Waals surface area contributed by atoms with E-state index in [1.54, 1.807) is 0 Å². The lowest BCUT2D eigenvalue weighted by molar-refractivity contribution is -0.123. The molecule has 0 aromatic rings. The summed E-state index contributed by atoms with van der Waals surface area (Å²) in [6, 6.07) is 0. The second-order valence-electron chi connectivity index (χ2n) is 7.62. The van der Waals surface area contributed by atoms with E-state index in [0.717, 1.165) is 32.1 Å². The molecule has 2 unspecified atom stereocenters. The van der Waals surface area contributed by atoms with Crippen LogP contribution in [0.25, 0.3) is 0 Å². The number of rotatable bonds is 10. The monoisotopic (exact) mass is 342 g/mol. The normalized spacial score (nSPS) is 29.3. The topological polar surface area (TPSA) is 51.2 Å². The number of ketones is 1. The molecule has 0 aromatic carbocycles. The van der Waals surface area contributed by atoms with Gasteiger partial charge in [-0.25, -0.2) is 8.42 Å². The minimum Gasteiger partial charge on any atom is -0.299 e. The van der Waals surface area contributed by atoms with Gasteiger partial charge in [-0.3, -0.25) is 4.79 Å². The minimum atomic E-state index is -2.92. The van der Waals surface area contributed by atoms with E-state index in [1.165, 1.54) is 38.5 Å². The van der Waals surface area contributed by atoms with Gasteiger partial charge in [-0.15, -0.1) is 0 Å². The summed E-state index contributed by atoms with van der Waals surface area (Å²) in [4.78, 5) is 12.4. The van der Waals surface area contributed by atoms with E-state index < -0.39 is 9.84 Å². The summed E-state index contributed by atoms with van der Waals surface area (Å²) in [7, 11) is -2.92. The van der Waals surface area contributed by atoms with Crippen molar-refractivity contribution in [2.45, 2.75) is 107 Å². The average Bonchev–Trinajstić information content (AvgIpc) is 2.48. The van der Waals surface area contributed by atoms with E-state index in [2.05, 4.69) is 6.92 Å². The number of hydrogen-bond acceptors (Lipinski definition) is 3. The Bertz CT molecular complexity index is 449. The molecule has 0 saturated carbocycles. The fourth-order valence-corrected chi connectivity index (χ4v) is 6.84. The molecule has 2 atom stereocenters. The third-order valence-corrected chi connectivity index (χ3v) is 8.52. The second-order valence-corrected chi connectivity index (χ2v) is 10.1. The van der Waals surface area contributed by atoms with Crippen LogP contribution in [0, 0.1) is 5.92 Å². The Morgan fingerprint density at radius 3 is 1.96 bits per heavy atom. The SMILES string of the molecule is CCCCCCCCCCC(=O)C1CC2CCCC(C1)S2(=O)=O.